The highest BCUT2D eigenvalue weighted by Crippen LogP contribution is 2.41. The Morgan fingerprint density at radius 3 is 2.10 bits per heavy atom. The lowest BCUT2D eigenvalue weighted by Gasteiger charge is -2.12. The molecule has 21 heavy (non-hydrogen) atoms. The summed E-state index contributed by atoms with van der Waals surface area (Å²) in [5.74, 6) is 0.206. The fourth-order valence-corrected chi connectivity index (χ4v) is 2.75. The topological polar surface area (TPSA) is 46.0 Å². The van der Waals surface area contributed by atoms with Gasteiger partial charge in [0.05, 0.1) is 5.52 Å². The van der Waals surface area contributed by atoms with Gasteiger partial charge in [-0.3, -0.25) is 9.97 Å². The Balaban J connectivity index is 2.26. The molecule has 2 aromatic heterocycles. The van der Waals surface area contributed by atoms with E-state index in [0.717, 1.165) is 27.4 Å². The van der Waals surface area contributed by atoms with Gasteiger partial charge < -0.3 is 5.11 Å². The van der Waals surface area contributed by atoms with E-state index in [2.05, 4.69) is 9.97 Å². The van der Waals surface area contributed by atoms with Gasteiger partial charge in [-0.15, -0.1) is 0 Å². The molecule has 4 rings (SSSR count). The molecule has 0 fully saturated rings. The Bertz CT molecular complexity index is 949. The van der Waals surface area contributed by atoms with Gasteiger partial charge in [-0.2, -0.15) is 0 Å². The van der Waals surface area contributed by atoms with Crippen LogP contribution in [0.4, 0.5) is 0 Å². The van der Waals surface area contributed by atoms with Crippen LogP contribution in [0.25, 0.3) is 32.9 Å². The van der Waals surface area contributed by atoms with E-state index >= 15 is 0 Å². The molecule has 0 radical (unpaired) electrons. The molecule has 2 aromatic carbocycles. The summed E-state index contributed by atoms with van der Waals surface area (Å²) in [6.07, 6.45) is 3.45. The molecular formula is C18H12N2O. The Labute approximate surface area is 121 Å². The van der Waals surface area contributed by atoms with Crippen molar-refractivity contribution in [3.63, 3.8) is 0 Å². The van der Waals surface area contributed by atoms with Crippen LogP contribution >= 0.6 is 0 Å². The summed E-state index contributed by atoms with van der Waals surface area (Å²) in [6, 6.07) is 17.5. The molecule has 0 unspecified atom stereocenters. The van der Waals surface area contributed by atoms with E-state index in [0.29, 0.717) is 5.52 Å². The number of pyridine rings is 2. The largest absolute Gasteiger partial charge is 0.505 e. The first-order valence-corrected chi connectivity index (χ1v) is 6.76. The van der Waals surface area contributed by atoms with Gasteiger partial charge in [0.15, 0.2) is 0 Å². The molecule has 0 atom stereocenters. The molecule has 100 valence electrons. The van der Waals surface area contributed by atoms with Gasteiger partial charge in [-0.1, -0.05) is 36.4 Å². The third-order valence-corrected chi connectivity index (χ3v) is 3.66. The molecule has 3 nitrogen and oxygen atoms in total. The molecule has 0 aliphatic carbocycles. The lowest BCUT2D eigenvalue weighted by Crippen LogP contribution is -1.89. The molecule has 4 aromatic rings. The summed E-state index contributed by atoms with van der Waals surface area (Å²) in [6.45, 7) is 0. The number of aromatic nitrogens is 2. The lowest BCUT2D eigenvalue weighted by atomic mass is 9.96. The lowest BCUT2D eigenvalue weighted by molar-refractivity contribution is 0.483. The minimum Gasteiger partial charge on any atom is -0.505 e. The van der Waals surface area contributed by atoms with Gasteiger partial charge in [0.1, 0.15) is 11.3 Å². The van der Waals surface area contributed by atoms with Crippen LogP contribution in [-0.2, 0) is 0 Å². The van der Waals surface area contributed by atoms with Crippen LogP contribution in [0.5, 0.6) is 5.75 Å². The van der Waals surface area contributed by atoms with E-state index < -0.39 is 0 Å². The summed E-state index contributed by atoms with van der Waals surface area (Å²) in [4.78, 5) is 8.81. The van der Waals surface area contributed by atoms with Crippen molar-refractivity contribution in [2.75, 3.05) is 0 Å². The average molecular weight is 272 g/mol. The van der Waals surface area contributed by atoms with Crippen molar-refractivity contribution in [2.24, 2.45) is 0 Å². The van der Waals surface area contributed by atoms with Crippen LogP contribution < -0.4 is 0 Å². The van der Waals surface area contributed by atoms with Gasteiger partial charge in [0.2, 0.25) is 0 Å². The number of phenolic OH excluding ortho intramolecular Hbond substituents is 1. The average Bonchev–Trinajstić information content (AvgIpc) is 2.56. The van der Waals surface area contributed by atoms with Crippen LogP contribution in [0.2, 0.25) is 0 Å². The quantitative estimate of drug-likeness (QED) is 0.529. The predicted octanol–water partition coefficient (Wildman–Crippen LogP) is 4.16. The number of rotatable bonds is 1. The Morgan fingerprint density at radius 1 is 0.667 bits per heavy atom. The molecule has 0 amide bonds. The number of benzene rings is 2. The second kappa shape index (κ2) is 4.56. The number of hydrogen-bond donors (Lipinski definition) is 1. The highest BCUT2D eigenvalue weighted by atomic mass is 16.3. The molecule has 1 N–H and O–H groups in total. The monoisotopic (exact) mass is 272 g/mol. The first kappa shape index (κ1) is 11.9. The molecule has 2 heterocycles. The second-order valence-corrected chi connectivity index (χ2v) is 4.89. The fraction of sp³-hybridized carbons (Fsp3) is 0. The van der Waals surface area contributed by atoms with Gasteiger partial charge >= 0.3 is 0 Å². The molecule has 0 aliphatic heterocycles. The molecule has 0 aliphatic rings. The molecule has 0 saturated heterocycles. The number of hydrogen-bond acceptors (Lipinski definition) is 3. The number of aromatic hydroxyl groups is 1. The van der Waals surface area contributed by atoms with E-state index in [1.165, 1.54) is 0 Å². The summed E-state index contributed by atoms with van der Waals surface area (Å²) < 4.78 is 0. The third-order valence-electron chi connectivity index (χ3n) is 3.66. The van der Waals surface area contributed by atoms with E-state index in [-0.39, 0.29) is 5.75 Å². The maximum atomic E-state index is 10.7. The predicted molar refractivity (Wildman–Crippen MR) is 84.1 cm³/mol. The molecule has 0 bridgehead atoms. The van der Waals surface area contributed by atoms with Crippen molar-refractivity contribution in [2.45, 2.75) is 0 Å². The molecule has 0 saturated carbocycles. The maximum absolute atomic E-state index is 10.7. The number of phenols is 1. The van der Waals surface area contributed by atoms with Crippen molar-refractivity contribution in [1.29, 1.82) is 0 Å². The van der Waals surface area contributed by atoms with Gasteiger partial charge in [-0.25, -0.2) is 0 Å². The molecular weight excluding hydrogens is 260 g/mol. The summed E-state index contributed by atoms with van der Waals surface area (Å²) in [7, 11) is 0. The zero-order valence-electron chi connectivity index (χ0n) is 11.2. The van der Waals surface area contributed by atoms with Crippen molar-refractivity contribution < 1.29 is 5.11 Å². The van der Waals surface area contributed by atoms with Crippen molar-refractivity contribution in [1.82, 2.24) is 9.97 Å². The van der Waals surface area contributed by atoms with E-state index in [1.54, 1.807) is 12.4 Å². The SMILES string of the molecule is Oc1c(-c2ccccc2)c2cccnc2c2cccnc12. The zero-order valence-corrected chi connectivity index (χ0v) is 11.2. The molecule has 3 heteroatoms. The number of nitrogens with zero attached hydrogens (tertiary/aromatic N) is 2. The normalized spacial score (nSPS) is 11.0. The van der Waals surface area contributed by atoms with Gasteiger partial charge in [0.25, 0.3) is 0 Å². The minimum atomic E-state index is 0.206. The van der Waals surface area contributed by atoms with Crippen LogP contribution in [0.15, 0.2) is 67.0 Å². The van der Waals surface area contributed by atoms with Crippen LogP contribution in [0.3, 0.4) is 0 Å². The van der Waals surface area contributed by atoms with Crippen molar-refractivity contribution >= 4 is 21.8 Å². The third kappa shape index (κ3) is 1.75. The summed E-state index contributed by atoms with van der Waals surface area (Å²) in [5, 5.41) is 12.5. The summed E-state index contributed by atoms with van der Waals surface area (Å²) in [5.41, 5.74) is 3.19. The standard InChI is InChI=1S/C18H12N2O/c21-18-15(12-6-2-1-3-7-12)13-8-4-10-19-16(13)14-9-5-11-20-17(14)18/h1-11,21H. The van der Waals surface area contributed by atoms with E-state index in [1.807, 2.05) is 54.6 Å². The van der Waals surface area contributed by atoms with Crippen LogP contribution in [0, 0.1) is 0 Å². The van der Waals surface area contributed by atoms with Gasteiger partial charge in [-0.05, 0) is 23.8 Å². The Morgan fingerprint density at radius 2 is 1.33 bits per heavy atom. The van der Waals surface area contributed by atoms with E-state index in [4.69, 9.17) is 0 Å². The van der Waals surface area contributed by atoms with Gasteiger partial charge in [0, 0.05) is 28.7 Å². The Hall–Kier alpha value is -2.94. The highest BCUT2D eigenvalue weighted by Gasteiger charge is 2.16. The zero-order chi connectivity index (χ0) is 14.2. The fourth-order valence-electron chi connectivity index (χ4n) is 2.75. The smallest absolute Gasteiger partial charge is 0.150 e. The van der Waals surface area contributed by atoms with Crippen molar-refractivity contribution in [3.8, 4) is 16.9 Å². The van der Waals surface area contributed by atoms with E-state index in [9.17, 15) is 5.11 Å². The Kier molecular flexibility index (Phi) is 2.57. The maximum Gasteiger partial charge on any atom is 0.150 e. The first-order chi connectivity index (χ1) is 10.4. The van der Waals surface area contributed by atoms with Crippen molar-refractivity contribution in [3.05, 3.63) is 67.0 Å². The highest BCUT2D eigenvalue weighted by molar-refractivity contribution is 6.14. The second-order valence-electron chi connectivity index (χ2n) is 4.89. The van der Waals surface area contributed by atoms with Crippen LogP contribution in [0.1, 0.15) is 0 Å². The molecule has 0 spiro atoms. The summed E-state index contributed by atoms with van der Waals surface area (Å²) >= 11 is 0. The minimum absolute atomic E-state index is 0.206. The van der Waals surface area contributed by atoms with Crippen LogP contribution in [-0.4, -0.2) is 15.1 Å². The first-order valence-electron chi connectivity index (χ1n) is 6.76. The number of fused-ring (bicyclic) bond motifs is 3.